The smallest absolute Gasteiger partial charge is 0.253 e. The van der Waals surface area contributed by atoms with Crippen LogP contribution in [-0.4, -0.2) is 48.8 Å². The highest BCUT2D eigenvalue weighted by molar-refractivity contribution is 6.30. The highest BCUT2D eigenvalue weighted by Crippen LogP contribution is 2.35. The van der Waals surface area contributed by atoms with Gasteiger partial charge in [0.05, 0.1) is 0 Å². The molecule has 1 fully saturated rings. The van der Waals surface area contributed by atoms with Gasteiger partial charge in [-0.2, -0.15) is 0 Å². The third-order valence-electron chi connectivity index (χ3n) is 6.17. The van der Waals surface area contributed by atoms with Crippen LogP contribution in [0, 0.1) is 0 Å². The lowest BCUT2D eigenvalue weighted by Crippen LogP contribution is -2.39. The van der Waals surface area contributed by atoms with Crippen molar-refractivity contribution in [2.24, 2.45) is 5.73 Å². The highest BCUT2D eigenvalue weighted by atomic mass is 35.5. The first kappa shape index (κ1) is 22.3. The molecule has 0 heterocycles. The lowest BCUT2D eigenvalue weighted by molar-refractivity contribution is -0.122. The Morgan fingerprint density at radius 2 is 1.50 bits per heavy atom. The maximum Gasteiger partial charge on any atom is 0.253 e. The molecular weight excluding hydrogens is 398 g/mol. The van der Waals surface area contributed by atoms with Crippen LogP contribution >= 0.6 is 11.6 Å². The van der Waals surface area contributed by atoms with Crippen LogP contribution in [0.25, 0.3) is 0 Å². The van der Waals surface area contributed by atoms with Gasteiger partial charge in [-0.05, 0) is 81.1 Å². The zero-order chi connectivity index (χ0) is 21.8. The molecule has 0 saturated heterocycles. The van der Waals surface area contributed by atoms with Gasteiger partial charge in [0.15, 0.2) is 0 Å². The molecule has 2 N–H and O–H groups in total. The Labute approximate surface area is 183 Å². The van der Waals surface area contributed by atoms with Crippen LogP contribution in [0.2, 0.25) is 5.02 Å². The molecule has 0 aliphatic heterocycles. The van der Waals surface area contributed by atoms with Crippen molar-refractivity contribution in [1.29, 1.82) is 0 Å². The van der Waals surface area contributed by atoms with Gasteiger partial charge in [0.25, 0.3) is 5.91 Å². The van der Waals surface area contributed by atoms with E-state index in [9.17, 15) is 9.59 Å². The fraction of sp³-hybridized carbons (Fsp3) is 0.417. The van der Waals surface area contributed by atoms with Crippen LogP contribution in [0.1, 0.15) is 59.1 Å². The topological polar surface area (TPSA) is 66.6 Å². The first-order chi connectivity index (χ1) is 14.3. The fourth-order valence-corrected chi connectivity index (χ4v) is 4.55. The van der Waals surface area contributed by atoms with Crippen LogP contribution < -0.4 is 5.73 Å². The summed E-state index contributed by atoms with van der Waals surface area (Å²) in [6.07, 6.45) is 4.03. The van der Waals surface area contributed by atoms with E-state index in [1.165, 1.54) is 5.56 Å². The van der Waals surface area contributed by atoms with Gasteiger partial charge in [-0.15, -0.1) is 0 Å². The number of benzene rings is 2. The van der Waals surface area contributed by atoms with Gasteiger partial charge in [0.2, 0.25) is 5.91 Å². The van der Waals surface area contributed by atoms with E-state index >= 15 is 0 Å². The van der Waals surface area contributed by atoms with Gasteiger partial charge in [-0.1, -0.05) is 35.9 Å². The molecule has 6 heteroatoms. The molecule has 5 nitrogen and oxygen atoms in total. The van der Waals surface area contributed by atoms with Crippen molar-refractivity contribution < 1.29 is 9.59 Å². The second kappa shape index (κ2) is 9.63. The summed E-state index contributed by atoms with van der Waals surface area (Å²) in [4.78, 5) is 28.2. The SMILES string of the molecule is CN(C)C(C(N)=O)c1ccc([C@H]2CC[C@H](N(C)C(=O)c3ccc(Cl)cc3)CC2)cc1. The number of carbonyl (C=O) groups is 2. The average molecular weight is 428 g/mol. The molecular formula is C24H30ClN3O2. The van der Waals surface area contributed by atoms with Crippen molar-refractivity contribution in [1.82, 2.24) is 9.80 Å². The van der Waals surface area contributed by atoms with Crippen molar-refractivity contribution in [3.05, 3.63) is 70.2 Å². The first-order valence-corrected chi connectivity index (χ1v) is 10.7. The van der Waals surface area contributed by atoms with Gasteiger partial charge in [-0.3, -0.25) is 14.5 Å². The Bertz CT molecular complexity index is 872. The Balaban J connectivity index is 1.60. The zero-order valence-corrected chi connectivity index (χ0v) is 18.6. The molecule has 0 radical (unpaired) electrons. The Morgan fingerprint density at radius 3 is 2.00 bits per heavy atom. The summed E-state index contributed by atoms with van der Waals surface area (Å²) in [5, 5.41) is 0.633. The van der Waals surface area contributed by atoms with E-state index < -0.39 is 6.04 Å². The molecule has 3 rings (SSSR count). The third-order valence-corrected chi connectivity index (χ3v) is 6.42. The molecule has 1 aliphatic carbocycles. The lowest BCUT2D eigenvalue weighted by Gasteiger charge is -2.35. The summed E-state index contributed by atoms with van der Waals surface area (Å²) in [6.45, 7) is 0. The maximum atomic E-state index is 12.8. The number of nitrogens with zero attached hydrogens (tertiary/aromatic N) is 2. The molecule has 2 aromatic rings. The number of nitrogens with two attached hydrogens (primary N) is 1. The summed E-state index contributed by atoms with van der Waals surface area (Å²) in [5.41, 5.74) is 8.42. The van der Waals surface area contributed by atoms with E-state index in [1.807, 2.05) is 43.1 Å². The second-order valence-electron chi connectivity index (χ2n) is 8.36. The molecule has 0 spiro atoms. The van der Waals surface area contributed by atoms with E-state index in [0.717, 1.165) is 31.2 Å². The van der Waals surface area contributed by atoms with Crippen LogP contribution in [0.15, 0.2) is 48.5 Å². The molecule has 1 atom stereocenters. The summed E-state index contributed by atoms with van der Waals surface area (Å²) in [6, 6.07) is 15.1. The molecule has 160 valence electrons. The standard InChI is InChI=1S/C24H30ClN3O2/c1-27(2)22(23(26)29)18-6-4-16(5-7-18)17-10-14-21(15-11-17)28(3)24(30)19-8-12-20(25)13-9-19/h4-9,12-13,17,21-22H,10-11,14-15H2,1-3H3,(H2,26,29)/t17-,21-,22?. The Kier molecular flexibility index (Phi) is 7.16. The fourth-order valence-electron chi connectivity index (χ4n) is 4.43. The summed E-state index contributed by atoms with van der Waals surface area (Å²) < 4.78 is 0. The van der Waals surface area contributed by atoms with Crippen LogP contribution in [0.5, 0.6) is 0 Å². The highest BCUT2D eigenvalue weighted by Gasteiger charge is 2.28. The van der Waals surface area contributed by atoms with E-state index in [2.05, 4.69) is 12.1 Å². The molecule has 30 heavy (non-hydrogen) atoms. The summed E-state index contributed by atoms with van der Waals surface area (Å²) in [7, 11) is 5.60. The van der Waals surface area contributed by atoms with Crippen molar-refractivity contribution in [3.63, 3.8) is 0 Å². The van der Waals surface area contributed by atoms with Crippen molar-refractivity contribution >= 4 is 23.4 Å². The maximum absolute atomic E-state index is 12.8. The van der Waals surface area contributed by atoms with Gasteiger partial charge in [-0.25, -0.2) is 0 Å². The van der Waals surface area contributed by atoms with E-state index in [4.69, 9.17) is 17.3 Å². The molecule has 0 bridgehead atoms. The molecule has 2 aromatic carbocycles. The Morgan fingerprint density at radius 1 is 0.933 bits per heavy atom. The third kappa shape index (κ3) is 5.02. The average Bonchev–Trinajstić information content (AvgIpc) is 2.73. The van der Waals surface area contributed by atoms with Crippen LogP contribution in [-0.2, 0) is 4.79 Å². The quantitative estimate of drug-likeness (QED) is 0.750. The minimum atomic E-state index is -0.415. The van der Waals surface area contributed by atoms with Gasteiger partial charge in [0, 0.05) is 23.7 Å². The summed E-state index contributed by atoms with van der Waals surface area (Å²) >= 11 is 5.93. The van der Waals surface area contributed by atoms with Crippen molar-refractivity contribution in [3.8, 4) is 0 Å². The van der Waals surface area contributed by atoms with Crippen LogP contribution in [0.3, 0.4) is 0 Å². The predicted molar refractivity (Wildman–Crippen MR) is 121 cm³/mol. The first-order valence-electron chi connectivity index (χ1n) is 10.4. The second-order valence-corrected chi connectivity index (χ2v) is 8.80. The minimum absolute atomic E-state index is 0.0423. The van der Waals surface area contributed by atoms with Gasteiger partial charge >= 0.3 is 0 Å². The number of halogens is 1. The summed E-state index contributed by atoms with van der Waals surface area (Å²) in [5.74, 6) is 0.169. The molecule has 1 aliphatic rings. The minimum Gasteiger partial charge on any atom is -0.368 e. The number of likely N-dealkylation sites (N-methyl/N-ethyl adjacent to an activating group) is 1. The van der Waals surface area contributed by atoms with Gasteiger partial charge in [0.1, 0.15) is 6.04 Å². The number of hydrogen-bond acceptors (Lipinski definition) is 3. The van der Waals surface area contributed by atoms with E-state index in [-0.39, 0.29) is 17.9 Å². The van der Waals surface area contributed by atoms with Gasteiger partial charge < -0.3 is 10.6 Å². The van der Waals surface area contributed by atoms with Crippen molar-refractivity contribution in [2.45, 2.75) is 43.7 Å². The normalized spacial score (nSPS) is 20.0. The zero-order valence-electron chi connectivity index (χ0n) is 17.8. The molecule has 1 saturated carbocycles. The number of amides is 2. The van der Waals surface area contributed by atoms with E-state index in [0.29, 0.717) is 16.5 Å². The molecule has 1 unspecified atom stereocenters. The number of primary amides is 1. The number of hydrogen-bond donors (Lipinski definition) is 1. The number of carbonyl (C=O) groups excluding carboxylic acids is 2. The lowest BCUT2D eigenvalue weighted by atomic mass is 9.81. The molecule has 2 amide bonds. The Hall–Kier alpha value is -2.37. The number of rotatable bonds is 6. The van der Waals surface area contributed by atoms with E-state index in [1.54, 1.807) is 24.3 Å². The van der Waals surface area contributed by atoms with Crippen molar-refractivity contribution in [2.75, 3.05) is 21.1 Å². The monoisotopic (exact) mass is 427 g/mol. The molecule has 0 aromatic heterocycles. The largest absolute Gasteiger partial charge is 0.368 e. The van der Waals surface area contributed by atoms with Crippen LogP contribution in [0.4, 0.5) is 0 Å². The predicted octanol–water partition coefficient (Wildman–Crippen LogP) is 4.23.